The van der Waals surface area contributed by atoms with E-state index in [1.165, 1.54) is 5.01 Å². The van der Waals surface area contributed by atoms with Crippen LogP contribution in [0.4, 0.5) is 5.69 Å². The molecule has 2 aromatic rings. The van der Waals surface area contributed by atoms with Crippen LogP contribution in [0, 0.1) is 18.3 Å². The van der Waals surface area contributed by atoms with Crippen LogP contribution in [0.1, 0.15) is 52.3 Å². The van der Waals surface area contributed by atoms with Crippen LogP contribution < -0.4 is 4.90 Å². The van der Waals surface area contributed by atoms with E-state index >= 15 is 0 Å². The summed E-state index contributed by atoms with van der Waals surface area (Å²) in [5.41, 5.74) is 3.23. The second kappa shape index (κ2) is 6.51. The average Bonchev–Trinajstić information content (AvgIpc) is 3.01. The van der Waals surface area contributed by atoms with Gasteiger partial charge >= 0.3 is 0 Å². The first-order valence-corrected chi connectivity index (χ1v) is 8.68. The Morgan fingerprint density at radius 2 is 2.30 bits per heavy atom. The van der Waals surface area contributed by atoms with Crippen LogP contribution in [0.15, 0.2) is 23.6 Å². The number of benzene rings is 1. The van der Waals surface area contributed by atoms with Crippen molar-refractivity contribution >= 4 is 22.8 Å². The molecule has 0 saturated carbocycles. The van der Waals surface area contributed by atoms with Crippen molar-refractivity contribution in [1.82, 2.24) is 4.98 Å². The Labute approximate surface area is 140 Å². The van der Waals surface area contributed by atoms with Crippen molar-refractivity contribution in [2.75, 3.05) is 18.0 Å². The summed E-state index contributed by atoms with van der Waals surface area (Å²) in [6.45, 7) is 5.34. The fourth-order valence-electron chi connectivity index (χ4n) is 3.06. The van der Waals surface area contributed by atoms with E-state index < -0.39 is 0 Å². The third kappa shape index (κ3) is 3.27. The Bertz CT molecular complexity index is 775. The maximum atomic E-state index is 11.7. The lowest BCUT2D eigenvalue weighted by Gasteiger charge is -2.34. The van der Waals surface area contributed by atoms with Gasteiger partial charge in [-0.3, -0.25) is 4.79 Å². The first kappa shape index (κ1) is 15.7. The number of rotatable bonds is 3. The summed E-state index contributed by atoms with van der Waals surface area (Å²) in [5.74, 6) is 0.426. The zero-order chi connectivity index (χ0) is 16.4. The Morgan fingerprint density at radius 1 is 1.48 bits per heavy atom. The number of ketones is 1. The average molecular weight is 325 g/mol. The second-order valence-corrected chi connectivity index (χ2v) is 6.90. The number of hydrogen-bond acceptors (Lipinski definition) is 5. The summed E-state index contributed by atoms with van der Waals surface area (Å²) in [6.07, 6.45) is 2.19. The lowest BCUT2D eigenvalue weighted by molar-refractivity contribution is 0.101. The molecule has 0 spiro atoms. The van der Waals surface area contributed by atoms with Crippen molar-refractivity contribution in [1.29, 1.82) is 5.26 Å². The van der Waals surface area contributed by atoms with Crippen LogP contribution in [-0.2, 0) is 0 Å². The van der Waals surface area contributed by atoms with Crippen LogP contribution in [0.5, 0.6) is 0 Å². The Kier molecular flexibility index (Phi) is 4.44. The Balaban J connectivity index is 1.90. The molecule has 0 radical (unpaired) electrons. The smallest absolute Gasteiger partial charge is 0.159 e. The van der Waals surface area contributed by atoms with Gasteiger partial charge in [0.1, 0.15) is 6.07 Å². The summed E-state index contributed by atoms with van der Waals surface area (Å²) in [6, 6.07) is 7.59. The molecule has 1 aromatic heterocycles. The molecule has 5 heteroatoms. The van der Waals surface area contributed by atoms with E-state index in [2.05, 4.69) is 21.3 Å². The van der Waals surface area contributed by atoms with Crippen molar-refractivity contribution < 1.29 is 4.79 Å². The highest BCUT2D eigenvalue weighted by Crippen LogP contribution is 2.33. The van der Waals surface area contributed by atoms with Crippen LogP contribution in [-0.4, -0.2) is 23.9 Å². The molecular weight excluding hydrogens is 306 g/mol. The molecule has 1 unspecified atom stereocenters. The summed E-state index contributed by atoms with van der Waals surface area (Å²) in [5, 5.41) is 12.7. The zero-order valence-corrected chi connectivity index (χ0v) is 14.2. The lowest BCUT2D eigenvalue weighted by atomic mass is 9.96. The highest BCUT2D eigenvalue weighted by Gasteiger charge is 2.25. The number of nitriles is 1. The number of aryl methyl sites for hydroxylation is 1. The molecule has 0 N–H and O–H groups in total. The van der Waals surface area contributed by atoms with Crippen LogP contribution in [0.25, 0.3) is 0 Å². The van der Waals surface area contributed by atoms with Crippen LogP contribution in [0.3, 0.4) is 0 Å². The summed E-state index contributed by atoms with van der Waals surface area (Å²) >= 11 is 1.71. The van der Waals surface area contributed by atoms with Crippen molar-refractivity contribution in [3.8, 4) is 6.07 Å². The highest BCUT2D eigenvalue weighted by molar-refractivity contribution is 7.09. The fraction of sp³-hybridized carbons (Fsp3) is 0.389. The topological polar surface area (TPSA) is 57.0 Å². The van der Waals surface area contributed by atoms with Gasteiger partial charge in [-0.2, -0.15) is 5.26 Å². The fourth-order valence-corrected chi connectivity index (χ4v) is 3.99. The monoisotopic (exact) mass is 325 g/mol. The number of aromatic nitrogens is 1. The molecule has 23 heavy (non-hydrogen) atoms. The van der Waals surface area contributed by atoms with Crippen LogP contribution in [0.2, 0.25) is 0 Å². The molecule has 1 aliphatic heterocycles. The first-order valence-electron chi connectivity index (χ1n) is 7.80. The molecule has 1 aromatic carbocycles. The van der Waals surface area contributed by atoms with E-state index in [-0.39, 0.29) is 5.78 Å². The van der Waals surface area contributed by atoms with Gasteiger partial charge < -0.3 is 4.90 Å². The van der Waals surface area contributed by atoms with Crippen LogP contribution >= 0.6 is 11.3 Å². The van der Waals surface area contributed by atoms with E-state index in [9.17, 15) is 10.1 Å². The van der Waals surface area contributed by atoms with Gasteiger partial charge in [-0.05, 0) is 44.9 Å². The molecule has 1 fully saturated rings. The second-order valence-electron chi connectivity index (χ2n) is 6.01. The highest BCUT2D eigenvalue weighted by atomic mass is 32.1. The van der Waals surface area contributed by atoms with Gasteiger partial charge in [0.15, 0.2) is 5.78 Å². The molecule has 0 bridgehead atoms. The number of carbonyl (C=O) groups excluding carboxylic acids is 1. The predicted molar refractivity (Wildman–Crippen MR) is 92.2 cm³/mol. The van der Waals surface area contributed by atoms with Gasteiger partial charge in [0.25, 0.3) is 0 Å². The molecule has 1 atom stereocenters. The maximum Gasteiger partial charge on any atom is 0.159 e. The molecule has 118 valence electrons. The van der Waals surface area contributed by atoms with Gasteiger partial charge in [0.05, 0.1) is 16.3 Å². The minimum atomic E-state index is 0.0276. The van der Waals surface area contributed by atoms with Gasteiger partial charge in [-0.25, -0.2) is 4.98 Å². The quantitative estimate of drug-likeness (QED) is 0.803. The largest absolute Gasteiger partial charge is 0.370 e. The predicted octanol–water partition coefficient (Wildman–Crippen LogP) is 3.91. The molecule has 1 aliphatic rings. The van der Waals surface area contributed by atoms with Crippen molar-refractivity contribution in [2.45, 2.75) is 32.6 Å². The minimum absolute atomic E-state index is 0.0276. The number of Topliss-reactive ketones (excluding diaryl/α,β-unsaturated/α-hetero) is 1. The molecule has 0 aliphatic carbocycles. The normalized spacial score (nSPS) is 17.8. The number of nitrogens with zero attached hydrogens (tertiary/aromatic N) is 3. The zero-order valence-electron chi connectivity index (χ0n) is 13.4. The molecule has 1 saturated heterocycles. The maximum absolute atomic E-state index is 11.7. The Hall–Kier alpha value is -2.19. The molecule has 3 rings (SSSR count). The third-order valence-electron chi connectivity index (χ3n) is 4.27. The van der Waals surface area contributed by atoms with Gasteiger partial charge in [0.2, 0.25) is 0 Å². The van der Waals surface area contributed by atoms with Gasteiger partial charge in [0, 0.05) is 35.6 Å². The number of carbonyl (C=O) groups is 1. The standard InChI is InChI=1S/C18H19N3OS/c1-12-11-23-18(20-12)16-4-3-7-21(10-16)17-8-14(13(2)22)5-6-15(17)9-19/h5-6,8,11,16H,3-4,7,10H2,1-2H3. The number of thiazole rings is 1. The third-order valence-corrected chi connectivity index (χ3v) is 5.40. The number of anilines is 1. The van der Waals surface area contributed by atoms with E-state index in [1.54, 1.807) is 30.4 Å². The first-order chi connectivity index (χ1) is 11.1. The van der Waals surface area contributed by atoms with Gasteiger partial charge in [-0.15, -0.1) is 11.3 Å². The Morgan fingerprint density at radius 3 is 2.96 bits per heavy atom. The summed E-state index contributed by atoms with van der Waals surface area (Å²) in [4.78, 5) is 18.5. The minimum Gasteiger partial charge on any atom is -0.370 e. The van der Waals surface area contributed by atoms with Crippen molar-refractivity contribution in [3.05, 3.63) is 45.4 Å². The molecule has 0 amide bonds. The van der Waals surface area contributed by atoms with Crippen molar-refractivity contribution in [2.24, 2.45) is 0 Å². The van der Waals surface area contributed by atoms with E-state index in [0.717, 1.165) is 37.3 Å². The molecular formula is C18H19N3OS. The lowest BCUT2D eigenvalue weighted by Crippen LogP contribution is -2.35. The van der Waals surface area contributed by atoms with Crippen molar-refractivity contribution in [3.63, 3.8) is 0 Å². The molecule has 2 heterocycles. The number of hydrogen-bond donors (Lipinski definition) is 0. The summed E-state index contributed by atoms with van der Waals surface area (Å²) < 4.78 is 0. The summed E-state index contributed by atoms with van der Waals surface area (Å²) in [7, 11) is 0. The van der Waals surface area contributed by atoms with E-state index in [4.69, 9.17) is 0 Å². The SMILES string of the molecule is CC(=O)c1ccc(C#N)c(N2CCCC(c3nc(C)cs3)C2)c1. The molecule has 4 nitrogen and oxygen atoms in total. The number of piperidine rings is 1. The van der Waals surface area contributed by atoms with Gasteiger partial charge in [-0.1, -0.05) is 0 Å². The van der Waals surface area contributed by atoms with E-state index in [0.29, 0.717) is 17.0 Å². The van der Waals surface area contributed by atoms with E-state index in [1.807, 2.05) is 13.0 Å².